The van der Waals surface area contributed by atoms with Gasteiger partial charge < -0.3 is 0 Å². The van der Waals surface area contributed by atoms with Crippen molar-refractivity contribution in [3.05, 3.63) is 12.2 Å². The Morgan fingerprint density at radius 1 is 1.08 bits per heavy atom. The molecule has 0 radical (unpaired) electrons. The second-order valence-electron chi connectivity index (χ2n) is 4.35. The number of rotatable bonds is 6. The van der Waals surface area contributed by atoms with E-state index in [4.69, 9.17) is 0 Å². The predicted molar refractivity (Wildman–Crippen MR) is 61.4 cm³/mol. The molecule has 0 saturated carbocycles. The molecule has 0 fully saturated rings. The van der Waals surface area contributed by atoms with E-state index in [0.717, 1.165) is 0 Å². The summed E-state index contributed by atoms with van der Waals surface area (Å²) in [4.78, 5) is 0. The first kappa shape index (κ1) is 12.0. The number of hydrogen-bond donors (Lipinski definition) is 0. The molecule has 72 valence electrons. The molecule has 0 bridgehead atoms. The summed E-state index contributed by atoms with van der Waals surface area (Å²) in [5.41, 5.74) is 0. The smallest absolute Gasteiger partial charge is 0.0511 e. The molecule has 0 aromatic rings. The first-order chi connectivity index (χ1) is 5.62. The van der Waals surface area contributed by atoms with E-state index < -0.39 is 8.07 Å². The van der Waals surface area contributed by atoms with Crippen molar-refractivity contribution in [3.8, 4) is 0 Å². The summed E-state index contributed by atoms with van der Waals surface area (Å²) in [5.74, 6) is 0. The van der Waals surface area contributed by atoms with Crippen LogP contribution in [0.3, 0.4) is 0 Å². The number of unbranched alkanes of at least 4 members (excludes halogenated alkanes) is 1. The van der Waals surface area contributed by atoms with Crippen LogP contribution in [0.15, 0.2) is 12.2 Å². The topological polar surface area (TPSA) is 0 Å². The molecule has 0 aliphatic carbocycles. The Balaban J connectivity index is 3.62. The molecule has 0 aromatic heterocycles. The maximum Gasteiger partial charge on any atom is 0.0511 e. The Morgan fingerprint density at radius 3 is 2.25 bits per heavy atom. The summed E-state index contributed by atoms with van der Waals surface area (Å²) in [6.45, 7) is 9.49. The van der Waals surface area contributed by atoms with Gasteiger partial charge in [-0.15, -0.1) is 0 Å². The first-order valence-electron chi connectivity index (χ1n) is 5.27. The highest BCUT2D eigenvalue weighted by Gasteiger charge is 2.17. The lowest BCUT2D eigenvalue weighted by Crippen LogP contribution is -2.23. The Bertz CT molecular complexity index is 125. The molecular weight excluding hydrogens is 160 g/mol. The molecule has 0 nitrogen and oxygen atoms in total. The molecule has 0 heterocycles. The maximum absolute atomic E-state index is 2.50. The minimum absolute atomic E-state index is 0.848. The van der Waals surface area contributed by atoms with Gasteiger partial charge in [0.1, 0.15) is 0 Å². The van der Waals surface area contributed by atoms with Gasteiger partial charge in [-0.1, -0.05) is 58.0 Å². The number of allylic oxidation sites excluding steroid dienone is 2. The summed E-state index contributed by atoms with van der Waals surface area (Å²) in [7, 11) is -0.848. The fourth-order valence-corrected chi connectivity index (χ4v) is 3.65. The molecule has 0 atom stereocenters. The molecular formula is C11H24Si. The van der Waals surface area contributed by atoms with Gasteiger partial charge in [-0.2, -0.15) is 0 Å². The van der Waals surface area contributed by atoms with Crippen molar-refractivity contribution in [1.82, 2.24) is 0 Å². The van der Waals surface area contributed by atoms with Crippen molar-refractivity contribution in [2.45, 2.75) is 58.3 Å². The zero-order valence-corrected chi connectivity index (χ0v) is 10.2. The molecule has 12 heavy (non-hydrogen) atoms. The van der Waals surface area contributed by atoms with Gasteiger partial charge in [-0.25, -0.2) is 0 Å². The lowest BCUT2D eigenvalue weighted by Gasteiger charge is -2.19. The molecule has 0 amide bonds. The van der Waals surface area contributed by atoms with Gasteiger partial charge in [0.2, 0.25) is 0 Å². The third kappa shape index (κ3) is 6.65. The molecule has 0 saturated heterocycles. The van der Waals surface area contributed by atoms with E-state index >= 15 is 0 Å². The van der Waals surface area contributed by atoms with Crippen molar-refractivity contribution in [3.63, 3.8) is 0 Å². The summed E-state index contributed by atoms with van der Waals surface area (Å²) in [5, 5.41) is 0. The minimum Gasteiger partial charge on any atom is -0.0912 e. The second-order valence-corrected chi connectivity index (χ2v) is 9.59. The average molecular weight is 184 g/mol. The Hall–Kier alpha value is -0.0431. The normalized spacial score (nSPS) is 12.7. The fourth-order valence-electron chi connectivity index (χ4n) is 1.33. The SMILES string of the molecule is CCC=CC[Si](C)(C)CCCC. The number of hydrogen-bond acceptors (Lipinski definition) is 0. The van der Waals surface area contributed by atoms with E-state index in [2.05, 4.69) is 39.1 Å². The van der Waals surface area contributed by atoms with E-state index in [1.165, 1.54) is 31.4 Å². The third-order valence-electron chi connectivity index (χ3n) is 2.28. The highest BCUT2D eigenvalue weighted by Crippen LogP contribution is 2.18. The Morgan fingerprint density at radius 2 is 1.75 bits per heavy atom. The lowest BCUT2D eigenvalue weighted by molar-refractivity contribution is 0.866. The van der Waals surface area contributed by atoms with Gasteiger partial charge in [-0.05, 0) is 12.5 Å². The van der Waals surface area contributed by atoms with Gasteiger partial charge in [-0.3, -0.25) is 0 Å². The van der Waals surface area contributed by atoms with Crippen LogP contribution in [-0.2, 0) is 0 Å². The van der Waals surface area contributed by atoms with E-state index in [1.54, 1.807) is 0 Å². The van der Waals surface area contributed by atoms with Crippen LogP contribution in [0, 0.1) is 0 Å². The van der Waals surface area contributed by atoms with Gasteiger partial charge in [0.05, 0.1) is 8.07 Å². The van der Waals surface area contributed by atoms with Gasteiger partial charge in [0, 0.05) is 0 Å². The van der Waals surface area contributed by atoms with Crippen LogP contribution < -0.4 is 0 Å². The van der Waals surface area contributed by atoms with Gasteiger partial charge in [0.25, 0.3) is 0 Å². The largest absolute Gasteiger partial charge is 0.0912 e. The van der Waals surface area contributed by atoms with Crippen molar-refractivity contribution in [2.24, 2.45) is 0 Å². The van der Waals surface area contributed by atoms with E-state index in [9.17, 15) is 0 Å². The van der Waals surface area contributed by atoms with Crippen molar-refractivity contribution in [1.29, 1.82) is 0 Å². The molecule has 0 N–H and O–H groups in total. The van der Waals surface area contributed by atoms with Crippen molar-refractivity contribution in [2.75, 3.05) is 0 Å². The second kappa shape index (κ2) is 6.47. The molecule has 0 aliphatic rings. The van der Waals surface area contributed by atoms with Crippen LogP contribution in [0.25, 0.3) is 0 Å². The summed E-state index contributed by atoms with van der Waals surface area (Å²) in [6.07, 6.45) is 8.67. The average Bonchev–Trinajstić information content (AvgIpc) is 2.01. The Kier molecular flexibility index (Phi) is 6.45. The summed E-state index contributed by atoms with van der Waals surface area (Å²) in [6, 6.07) is 2.87. The van der Waals surface area contributed by atoms with Crippen LogP contribution in [0.1, 0.15) is 33.1 Å². The molecule has 0 aromatic carbocycles. The van der Waals surface area contributed by atoms with Gasteiger partial charge >= 0.3 is 0 Å². The summed E-state index contributed by atoms with van der Waals surface area (Å²) < 4.78 is 0. The fraction of sp³-hybridized carbons (Fsp3) is 0.818. The quantitative estimate of drug-likeness (QED) is 0.422. The molecule has 0 rings (SSSR count). The zero-order chi connectivity index (χ0) is 9.45. The molecule has 0 aliphatic heterocycles. The minimum atomic E-state index is -0.848. The maximum atomic E-state index is 2.50. The van der Waals surface area contributed by atoms with Gasteiger partial charge in [0.15, 0.2) is 0 Å². The van der Waals surface area contributed by atoms with E-state index in [0.29, 0.717) is 0 Å². The summed E-state index contributed by atoms with van der Waals surface area (Å²) >= 11 is 0. The zero-order valence-electron chi connectivity index (χ0n) is 9.19. The molecule has 1 heteroatoms. The van der Waals surface area contributed by atoms with E-state index in [-0.39, 0.29) is 0 Å². The third-order valence-corrected chi connectivity index (χ3v) is 5.33. The van der Waals surface area contributed by atoms with Crippen LogP contribution in [-0.4, -0.2) is 8.07 Å². The lowest BCUT2D eigenvalue weighted by atomic mass is 10.4. The Labute approximate surface area is 79.1 Å². The standard InChI is InChI=1S/C11H24Si/c1-5-7-9-11-12(3,4)10-8-6-2/h7,9H,5-6,8,10-11H2,1-4H3. The van der Waals surface area contributed by atoms with Crippen LogP contribution in [0.5, 0.6) is 0 Å². The highest BCUT2D eigenvalue weighted by atomic mass is 28.3. The highest BCUT2D eigenvalue weighted by molar-refractivity contribution is 6.77. The molecule has 0 spiro atoms. The van der Waals surface area contributed by atoms with Crippen molar-refractivity contribution < 1.29 is 0 Å². The predicted octanol–water partition coefficient (Wildman–Crippen LogP) is 4.46. The molecule has 0 unspecified atom stereocenters. The van der Waals surface area contributed by atoms with Crippen LogP contribution in [0.4, 0.5) is 0 Å². The van der Waals surface area contributed by atoms with Crippen LogP contribution >= 0.6 is 0 Å². The van der Waals surface area contributed by atoms with E-state index in [1.807, 2.05) is 0 Å². The first-order valence-corrected chi connectivity index (χ1v) is 8.69. The van der Waals surface area contributed by atoms with Crippen molar-refractivity contribution >= 4 is 8.07 Å². The monoisotopic (exact) mass is 184 g/mol. The van der Waals surface area contributed by atoms with Crippen LogP contribution in [0.2, 0.25) is 25.2 Å².